The van der Waals surface area contributed by atoms with Crippen LogP contribution in [0.2, 0.25) is 5.02 Å². The van der Waals surface area contributed by atoms with Crippen molar-refractivity contribution < 1.29 is 14.3 Å². The fraction of sp³-hybridized carbons (Fsp3) is 0.476. The summed E-state index contributed by atoms with van der Waals surface area (Å²) < 4.78 is 4.65. The fourth-order valence-corrected chi connectivity index (χ4v) is 4.47. The van der Waals surface area contributed by atoms with Crippen LogP contribution in [0.15, 0.2) is 29.6 Å². The number of rotatable bonds is 7. The normalized spacial score (nSPS) is 14.9. The van der Waals surface area contributed by atoms with Gasteiger partial charge in [0, 0.05) is 10.4 Å². The van der Waals surface area contributed by atoms with Gasteiger partial charge in [-0.15, -0.1) is 11.3 Å². The van der Waals surface area contributed by atoms with E-state index in [0.717, 1.165) is 12.0 Å². The Labute approximate surface area is 175 Å². The molecule has 28 heavy (non-hydrogen) atoms. The molecule has 1 saturated carbocycles. The highest BCUT2D eigenvalue weighted by Crippen LogP contribution is 2.35. The zero-order valence-electron chi connectivity index (χ0n) is 15.2. The van der Waals surface area contributed by atoms with E-state index >= 15 is 0 Å². The SMILES string of the molecule is C.COC(=O)Cc1csc(NC(=O)C(CC2CCCC2)c2cccc(Cl)c2)n1. The summed E-state index contributed by atoms with van der Waals surface area (Å²) in [5.41, 5.74) is 1.52. The smallest absolute Gasteiger partial charge is 0.311 e. The molecule has 1 N–H and O–H groups in total. The molecule has 3 rings (SSSR count). The van der Waals surface area contributed by atoms with Gasteiger partial charge in [-0.25, -0.2) is 4.98 Å². The number of halogens is 1. The zero-order valence-corrected chi connectivity index (χ0v) is 16.8. The molecule has 152 valence electrons. The van der Waals surface area contributed by atoms with Crippen LogP contribution in [0.3, 0.4) is 0 Å². The number of anilines is 1. The topological polar surface area (TPSA) is 68.3 Å². The minimum absolute atomic E-state index is 0. The molecule has 1 aromatic heterocycles. The summed E-state index contributed by atoms with van der Waals surface area (Å²) in [6.07, 6.45) is 5.72. The molecule has 0 bridgehead atoms. The molecule has 1 fully saturated rings. The molecule has 0 saturated heterocycles. The van der Waals surface area contributed by atoms with Gasteiger partial charge in [0.05, 0.1) is 25.1 Å². The minimum atomic E-state index is -0.351. The molecule has 1 heterocycles. The summed E-state index contributed by atoms with van der Waals surface area (Å²) in [4.78, 5) is 28.7. The lowest BCUT2D eigenvalue weighted by molar-refractivity contribution is -0.139. The number of carbonyl (C=O) groups is 2. The Bertz CT molecular complexity index is 802. The average Bonchev–Trinajstić information content (AvgIpc) is 3.31. The van der Waals surface area contributed by atoms with Gasteiger partial charge >= 0.3 is 5.97 Å². The molecule has 7 heteroatoms. The lowest BCUT2D eigenvalue weighted by Crippen LogP contribution is -2.23. The monoisotopic (exact) mass is 422 g/mol. The predicted octanol–water partition coefficient (Wildman–Crippen LogP) is 5.45. The van der Waals surface area contributed by atoms with Crippen molar-refractivity contribution >= 4 is 39.9 Å². The van der Waals surface area contributed by atoms with Crippen molar-refractivity contribution in [3.63, 3.8) is 0 Å². The van der Waals surface area contributed by atoms with Gasteiger partial charge in [-0.05, 0) is 30.0 Å². The number of methoxy groups -OCH3 is 1. The van der Waals surface area contributed by atoms with E-state index in [1.807, 2.05) is 24.3 Å². The number of ether oxygens (including phenoxy) is 1. The number of aromatic nitrogens is 1. The fourth-order valence-electron chi connectivity index (χ4n) is 3.56. The van der Waals surface area contributed by atoms with E-state index in [0.29, 0.717) is 21.8 Å². The molecule has 2 aromatic rings. The third-order valence-electron chi connectivity index (χ3n) is 4.95. The quantitative estimate of drug-likeness (QED) is 0.602. The van der Waals surface area contributed by atoms with Crippen molar-refractivity contribution in [2.24, 2.45) is 5.92 Å². The van der Waals surface area contributed by atoms with Crippen LogP contribution in [0, 0.1) is 5.92 Å². The number of thiazole rings is 1. The first-order valence-corrected chi connectivity index (χ1v) is 10.4. The van der Waals surface area contributed by atoms with E-state index < -0.39 is 0 Å². The van der Waals surface area contributed by atoms with Crippen LogP contribution in [0.25, 0.3) is 0 Å². The summed E-state index contributed by atoms with van der Waals surface area (Å²) in [6.45, 7) is 0. The van der Waals surface area contributed by atoms with Gasteiger partial charge in [0.15, 0.2) is 5.13 Å². The molecular weight excluding hydrogens is 396 g/mol. The summed E-state index contributed by atoms with van der Waals surface area (Å²) in [7, 11) is 1.34. The molecule has 1 aromatic carbocycles. The van der Waals surface area contributed by atoms with Crippen LogP contribution in [-0.2, 0) is 20.7 Å². The number of carbonyl (C=O) groups excluding carboxylic acids is 2. The molecule has 1 atom stereocenters. The average molecular weight is 423 g/mol. The van der Waals surface area contributed by atoms with Gasteiger partial charge in [0.2, 0.25) is 5.91 Å². The Balaban J connectivity index is 0.00000280. The number of amides is 1. The minimum Gasteiger partial charge on any atom is -0.469 e. The number of nitrogens with one attached hydrogen (secondary N) is 1. The van der Waals surface area contributed by atoms with Crippen LogP contribution in [-0.4, -0.2) is 24.0 Å². The lowest BCUT2D eigenvalue weighted by atomic mass is 9.87. The first-order valence-electron chi connectivity index (χ1n) is 9.12. The van der Waals surface area contributed by atoms with Crippen molar-refractivity contribution in [3.8, 4) is 0 Å². The second-order valence-electron chi connectivity index (χ2n) is 6.88. The van der Waals surface area contributed by atoms with Crippen LogP contribution in [0.5, 0.6) is 0 Å². The van der Waals surface area contributed by atoms with Gasteiger partial charge in [0.1, 0.15) is 0 Å². The Morgan fingerprint density at radius 3 is 2.79 bits per heavy atom. The molecule has 1 aliphatic rings. The van der Waals surface area contributed by atoms with Crippen molar-refractivity contribution in [3.05, 3.63) is 45.9 Å². The number of nitrogens with zero attached hydrogens (tertiary/aromatic N) is 1. The van der Waals surface area contributed by atoms with E-state index in [1.54, 1.807) is 5.38 Å². The maximum Gasteiger partial charge on any atom is 0.311 e. The third kappa shape index (κ3) is 6.04. The molecule has 1 amide bonds. The maximum atomic E-state index is 13.0. The van der Waals surface area contributed by atoms with E-state index in [2.05, 4.69) is 15.0 Å². The summed E-state index contributed by atoms with van der Waals surface area (Å²) in [6, 6.07) is 7.51. The molecule has 0 spiro atoms. The van der Waals surface area contributed by atoms with E-state index in [9.17, 15) is 9.59 Å². The molecule has 0 radical (unpaired) electrons. The van der Waals surface area contributed by atoms with Gasteiger partial charge in [-0.2, -0.15) is 0 Å². The van der Waals surface area contributed by atoms with Crippen LogP contribution < -0.4 is 5.32 Å². The second kappa shape index (κ2) is 10.6. The van der Waals surface area contributed by atoms with E-state index in [4.69, 9.17) is 11.6 Å². The molecule has 1 unspecified atom stereocenters. The largest absolute Gasteiger partial charge is 0.469 e. The standard InChI is InChI=1S/C20H23ClN2O3S.CH4/c1-26-18(24)11-16-12-27-20(22-16)23-19(25)17(9-13-5-2-3-6-13)14-7-4-8-15(21)10-14;/h4,7-8,10,12-13,17H,2-3,5-6,9,11H2,1H3,(H,22,23,25);1H4. The van der Waals surface area contributed by atoms with Gasteiger partial charge in [-0.1, -0.05) is 56.8 Å². The predicted molar refractivity (Wildman–Crippen MR) is 114 cm³/mol. The van der Waals surface area contributed by atoms with Gasteiger partial charge in [0.25, 0.3) is 0 Å². The van der Waals surface area contributed by atoms with Crippen molar-refractivity contribution in [2.75, 3.05) is 12.4 Å². The van der Waals surface area contributed by atoms with Crippen molar-refractivity contribution in [1.29, 1.82) is 0 Å². The van der Waals surface area contributed by atoms with Crippen LogP contribution in [0.1, 0.15) is 56.7 Å². The molecule has 0 aliphatic heterocycles. The summed E-state index contributed by atoms with van der Waals surface area (Å²) in [5.74, 6) is -0.134. The number of benzene rings is 1. The molecule has 1 aliphatic carbocycles. The van der Waals surface area contributed by atoms with Gasteiger partial charge in [-0.3, -0.25) is 9.59 Å². The highest BCUT2D eigenvalue weighted by molar-refractivity contribution is 7.13. The highest BCUT2D eigenvalue weighted by Gasteiger charge is 2.27. The van der Waals surface area contributed by atoms with E-state index in [-0.39, 0.29) is 31.6 Å². The zero-order chi connectivity index (χ0) is 19.2. The Kier molecular flexibility index (Phi) is 8.45. The highest BCUT2D eigenvalue weighted by atomic mass is 35.5. The Morgan fingerprint density at radius 1 is 1.36 bits per heavy atom. The van der Waals surface area contributed by atoms with E-state index in [1.165, 1.54) is 44.1 Å². The molecular formula is C21H27ClN2O3S. The molecule has 5 nitrogen and oxygen atoms in total. The van der Waals surface area contributed by atoms with Crippen LogP contribution in [0.4, 0.5) is 5.13 Å². The lowest BCUT2D eigenvalue weighted by Gasteiger charge is -2.20. The summed E-state index contributed by atoms with van der Waals surface area (Å²) in [5, 5.41) is 5.81. The van der Waals surface area contributed by atoms with Gasteiger partial charge < -0.3 is 10.1 Å². The number of hydrogen-bond donors (Lipinski definition) is 1. The second-order valence-corrected chi connectivity index (χ2v) is 8.17. The van der Waals surface area contributed by atoms with Crippen LogP contribution >= 0.6 is 22.9 Å². The summed E-state index contributed by atoms with van der Waals surface area (Å²) >= 11 is 7.46. The van der Waals surface area contributed by atoms with Crippen molar-refractivity contribution in [1.82, 2.24) is 4.98 Å². The maximum absolute atomic E-state index is 13.0. The third-order valence-corrected chi connectivity index (χ3v) is 5.99. The first-order chi connectivity index (χ1) is 13.0. The Hall–Kier alpha value is -1.92. The first kappa shape index (κ1) is 22.4. The van der Waals surface area contributed by atoms with Crippen molar-refractivity contribution in [2.45, 2.75) is 51.9 Å². The Morgan fingerprint density at radius 2 is 2.11 bits per heavy atom. The number of hydrogen-bond acceptors (Lipinski definition) is 5. The number of esters is 1.